The predicted octanol–water partition coefficient (Wildman–Crippen LogP) is 3.42. The van der Waals surface area contributed by atoms with Crippen molar-refractivity contribution in [1.82, 2.24) is 4.90 Å². The summed E-state index contributed by atoms with van der Waals surface area (Å²) in [6, 6.07) is 6.68. The van der Waals surface area contributed by atoms with Crippen molar-refractivity contribution in [1.29, 1.82) is 0 Å². The number of hydrogen-bond donors (Lipinski definition) is 1. The molecule has 1 aromatic rings. The van der Waals surface area contributed by atoms with Gasteiger partial charge in [0.05, 0.1) is 0 Å². The molecule has 2 amide bonds. The van der Waals surface area contributed by atoms with Gasteiger partial charge < -0.3 is 10.2 Å². The predicted molar refractivity (Wildman–Crippen MR) is 86.3 cm³/mol. The third-order valence-electron chi connectivity index (χ3n) is 2.75. The smallest absolute Gasteiger partial charge is 0.313 e. The van der Waals surface area contributed by atoms with E-state index >= 15 is 0 Å². The molecule has 116 valence electrons. The Morgan fingerprint density at radius 1 is 1.05 bits per heavy atom. The maximum absolute atomic E-state index is 12.3. The Kier molecular flexibility index (Phi) is 6.69. The summed E-state index contributed by atoms with van der Waals surface area (Å²) in [5.74, 6) is -0.474. The Morgan fingerprint density at radius 3 is 1.95 bits per heavy atom. The van der Waals surface area contributed by atoms with Crippen LogP contribution < -0.4 is 5.32 Å². The molecule has 5 heteroatoms. The van der Waals surface area contributed by atoms with E-state index in [1.54, 1.807) is 29.2 Å². The second kappa shape index (κ2) is 8.03. The van der Waals surface area contributed by atoms with Gasteiger partial charge in [-0.2, -0.15) is 0 Å². The molecule has 21 heavy (non-hydrogen) atoms. The first-order valence-electron chi connectivity index (χ1n) is 7.15. The van der Waals surface area contributed by atoms with Crippen LogP contribution in [-0.4, -0.2) is 29.8 Å². The zero-order chi connectivity index (χ0) is 16.0. The SMILES string of the molecule is CC(C)CN(CC(C)C)C(=O)C(=O)Nc1ccc(Cl)cc1. The molecule has 0 unspecified atom stereocenters. The normalized spacial score (nSPS) is 10.8. The molecule has 0 fully saturated rings. The molecule has 0 radical (unpaired) electrons. The van der Waals surface area contributed by atoms with E-state index in [4.69, 9.17) is 11.6 Å². The minimum Gasteiger partial charge on any atom is -0.334 e. The Bertz CT molecular complexity index is 474. The average molecular weight is 311 g/mol. The van der Waals surface area contributed by atoms with Crippen LogP contribution in [-0.2, 0) is 9.59 Å². The molecular formula is C16H23ClN2O2. The molecule has 0 atom stereocenters. The van der Waals surface area contributed by atoms with E-state index in [-0.39, 0.29) is 0 Å². The Morgan fingerprint density at radius 2 is 1.52 bits per heavy atom. The highest BCUT2D eigenvalue weighted by molar-refractivity contribution is 6.39. The van der Waals surface area contributed by atoms with Crippen LogP contribution in [0.15, 0.2) is 24.3 Å². The van der Waals surface area contributed by atoms with Crippen LogP contribution in [0.3, 0.4) is 0 Å². The van der Waals surface area contributed by atoms with Crippen LogP contribution >= 0.6 is 11.6 Å². The highest BCUT2D eigenvalue weighted by Gasteiger charge is 2.23. The van der Waals surface area contributed by atoms with Crippen LogP contribution in [0.2, 0.25) is 5.02 Å². The fourth-order valence-corrected chi connectivity index (χ4v) is 2.11. The number of rotatable bonds is 5. The van der Waals surface area contributed by atoms with E-state index in [9.17, 15) is 9.59 Å². The monoisotopic (exact) mass is 310 g/mol. The van der Waals surface area contributed by atoms with Crippen molar-refractivity contribution >= 4 is 29.1 Å². The minimum absolute atomic E-state index is 0.316. The maximum atomic E-state index is 12.3. The topological polar surface area (TPSA) is 49.4 Å². The number of carbonyl (C=O) groups excluding carboxylic acids is 2. The van der Waals surface area contributed by atoms with Crippen molar-refractivity contribution < 1.29 is 9.59 Å². The van der Waals surface area contributed by atoms with E-state index in [0.717, 1.165) is 0 Å². The third-order valence-corrected chi connectivity index (χ3v) is 3.01. The third kappa shape index (κ3) is 6.17. The molecule has 1 rings (SSSR count). The van der Waals surface area contributed by atoms with Gasteiger partial charge in [-0.1, -0.05) is 39.3 Å². The van der Waals surface area contributed by atoms with Crippen molar-refractivity contribution in [2.24, 2.45) is 11.8 Å². The summed E-state index contributed by atoms with van der Waals surface area (Å²) in [4.78, 5) is 26.0. The van der Waals surface area contributed by atoms with Gasteiger partial charge in [0.2, 0.25) is 0 Å². The first-order valence-corrected chi connectivity index (χ1v) is 7.53. The Balaban J connectivity index is 2.72. The minimum atomic E-state index is -0.612. The van der Waals surface area contributed by atoms with Crippen LogP contribution in [0.25, 0.3) is 0 Å². The first-order chi connectivity index (χ1) is 9.79. The number of anilines is 1. The average Bonchev–Trinajstić information content (AvgIpc) is 2.38. The Labute approximate surface area is 131 Å². The second-order valence-electron chi connectivity index (χ2n) is 5.96. The second-order valence-corrected chi connectivity index (χ2v) is 6.40. The lowest BCUT2D eigenvalue weighted by Gasteiger charge is -2.25. The number of carbonyl (C=O) groups is 2. The van der Waals surface area contributed by atoms with E-state index in [1.165, 1.54) is 0 Å². The molecule has 1 aromatic carbocycles. The molecule has 0 bridgehead atoms. The molecule has 4 nitrogen and oxygen atoms in total. The molecular weight excluding hydrogens is 288 g/mol. The summed E-state index contributed by atoms with van der Waals surface area (Å²) < 4.78 is 0. The van der Waals surface area contributed by atoms with Gasteiger partial charge in [0.1, 0.15) is 0 Å². The van der Waals surface area contributed by atoms with Gasteiger partial charge in [-0.05, 0) is 36.1 Å². The highest BCUT2D eigenvalue weighted by atomic mass is 35.5. The molecule has 0 aromatic heterocycles. The Hall–Kier alpha value is -1.55. The van der Waals surface area contributed by atoms with Crippen molar-refractivity contribution in [2.45, 2.75) is 27.7 Å². The van der Waals surface area contributed by atoms with Crippen LogP contribution in [0.1, 0.15) is 27.7 Å². The van der Waals surface area contributed by atoms with Crippen molar-refractivity contribution in [3.05, 3.63) is 29.3 Å². The summed E-state index contributed by atoms with van der Waals surface area (Å²) in [6.45, 7) is 9.25. The molecule has 0 heterocycles. The van der Waals surface area contributed by atoms with Crippen LogP contribution in [0.5, 0.6) is 0 Å². The first kappa shape index (κ1) is 17.5. The molecule has 0 saturated heterocycles. The molecule has 0 saturated carbocycles. The van der Waals surface area contributed by atoms with E-state index in [1.807, 2.05) is 27.7 Å². The fraction of sp³-hybridized carbons (Fsp3) is 0.500. The standard InChI is InChI=1S/C16H23ClN2O2/c1-11(2)9-19(10-12(3)4)16(21)15(20)18-14-7-5-13(17)6-8-14/h5-8,11-12H,9-10H2,1-4H3,(H,18,20). The number of benzene rings is 1. The van der Waals surface area contributed by atoms with Crippen molar-refractivity contribution in [2.75, 3.05) is 18.4 Å². The number of nitrogens with one attached hydrogen (secondary N) is 1. The maximum Gasteiger partial charge on any atom is 0.313 e. The van der Waals surface area contributed by atoms with Gasteiger partial charge in [-0.25, -0.2) is 0 Å². The summed E-state index contributed by atoms with van der Waals surface area (Å²) in [7, 11) is 0. The molecule has 0 spiro atoms. The van der Waals surface area contributed by atoms with Gasteiger partial charge in [0, 0.05) is 23.8 Å². The van der Waals surface area contributed by atoms with E-state index < -0.39 is 11.8 Å². The van der Waals surface area contributed by atoms with Gasteiger partial charge in [0.15, 0.2) is 0 Å². The number of nitrogens with zero attached hydrogens (tertiary/aromatic N) is 1. The summed E-state index contributed by atoms with van der Waals surface area (Å²) in [5.41, 5.74) is 0.562. The van der Waals surface area contributed by atoms with Crippen molar-refractivity contribution in [3.63, 3.8) is 0 Å². The zero-order valence-electron chi connectivity index (χ0n) is 13.0. The lowest BCUT2D eigenvalue weighted by molar-refractivity contribution is -0.143. The molecule has 1 N–H and O–H groups in total. The zero-order valence-corrected chi connectivity index (χ0v) is 13.8. The van der Waals surface area contributed by atoms with Gasteiger partial charge in [-0.3, -0.25) is 9.59 Å². The molecule has 0 aliphatic heterocycles. The van der Waals surface area contributed by atoms with Crippen molar-refractivity contribution in [3.8, 4) is 0 Å². The molecule has 0 aliphatic carbocycles. The number of halogens is 1. The van der Waals surface area contributed by atoms with Gasteiger partial charge in [0.25, 0.3) is 0 Å². The quantitative estimate of drug-likeness (QED) is 0.847. The van der Waals surface area contributed by atoms with Crippen LogP contribution in [0.4, 0.5) is 5.69 Å². The lowest BCUT2D eigenvalue weighted by atomic mass is 10.1. The van der Waals surface area contributed by atoms with Gasteiger partial charge >= 0.3 is 11.8 Å². The largest absolute Gasteiger partial charge is 0.334 e. The molecule has 0 aliphatic rings. The highest BCUT2D eigenvalue weighted by Crippen LogP contribution is 2.14. The van der Waals surface area contributed by atoms with Crippen LogP contribution in [0, 0.1) is 11.8 Å². The number of hydrogen-bond acceptors (Lipinski definition) is 2. The van der Waals surface area contributed by atoms with E-state index in [0.29, 0.717) is 35.6 Å². The number of amides is 2. The van der Waals surface area contributed by atoms with Gasteiger partial charge in [-0.15, -0.1) is 0 Å². The summed E-state index contributed by atoms with van der Waals surface area (Å²) >= 11 is 5.79. The fourth-order valence-electron chi connectivity index (χ4n) is 1.98. The lowest BCUT2D eigenvalue weighted by Crippen LogP contribution is -2.43. The summed E-state index contributed by atoms with van der Waals surface area (Å²) in [5, 5.41) is 3.19. The summed E-state index contributed by atoms with van der Waals surface area (Å²) in [6.07, 6.45) is 0. The van der Waals surface area contributed by atoms with E-state index in [2.05, 4.69) is 5.32 Å².